The van der Waals surface area contributed by atoms with Crippen LogP contribution in [0.5, 0.6) is 0 Å². The van der Waals surface area contributed by atoms with E-state index in [1.165, 1.54) is 13.5 Å². The van der Waals surface area contributed by atoms with Gasteiger partial charge in [-0.05, 0) is 49.4 Å². The lowest BCUT2D eigenvalue weighted by molar-refractivity contribution is 0.0601. The minimum Gasteiger partial charge on any atom is -0.465 e. The molecule has 2 aromatic carbocycles. The number of rotatable bonds is 5. The van der Waals surface area contributed by atoms with Gasteiger partial charge in [0.15, 0.2) is 5.65 Å². The molecule has 186 valence electrons. The smallest absolute Gasteiger partial charge is 0.337 e. The zero-order valence-electron chi connectivity index (χ0n) is 21.2. The lowest BCUT2D eigenvalue weighted by atomic mass is 9.95. The van der Waals surface area contributed by atoms with E-state index in [1.807, 2.05) is 47.0 Å². The van der Waals surface area contributed by atoms with E-state index in [9.17, 15) is 9.59 Å². The molecule has 1 saturated carbocycles. The molecule has 0 spiro atoms. The Bertz CT molecular complexity index is 1680. The van der Waals surface area contributed by atoms with Crippen LogP contribution in [-0.4, -0.2) is 31.6 Å². The topological polar surface area (TPSA) is 70.5 Å². The van der Waals surface area contributed by atoms with Crippen molar-refractivity contribution < 1.29 is 9.53 Å². The second-order valence-corrected chi connectivity index (χ2v) is 10.5. The predicted octanol–water partition coefficient (Wildman–Crippen LogP) is 6.10. The van der Waals surface area contributed by atoms with Gasteiger partial charge < -0.3 is 9.30 Å². The highest BCUT2D eigenvalue weighted by molar-refractivity contribution is 6.05. The summed E-state index contributed by atoms with van der Waals surface area (Å²) in [5.74, 6) is 0.963. The summed E-state index contributed by atoms with van der Waals surface area (Å²) in [7, 11) is 1.40. The molecule has 7 heteroatoms. The fourth-order valence-electron chi connectivity index (χ4n) is 5.88. The third kappa shape index (κ3) is 3.44. The molecule has 1 aliphatic carbocycles. The first-order valence-electron chi connectivity index (χ1n) is 13.1. The lowest BCUT2D eigenvalue weighted by Gasteiger charge is -2.25. The van der Waals surface area contributed by atoms with Crippen LogP contribution in [0.1, 0.15) is 68.8 Å². The molecule has 0 radical (unpaired) electrons. The summed E-state index contributed by atoms with van der Waals surface area (Å²) in [6.07, 6.45) is 6.42. The van der Waals surface area contributed by atoms with Crippen LogP contribution >= 0.6 is 0 Å². The third-order valence-electron chi connectivity index (χ3n) is 7.73. The van der Waals surface area contributed by atoms with E-state index in [0.29, 0.717) is 16.9 Å². The Morgan fingerprint density at radius 2 is 1.81 bits per heavy atom. The van der Waals surface area contributed by atoms with Gasteiger partial charge in [-0.15, -0.1) is 0 Å². The van der Waals surface area contributed by atoms with E-state index in [1.54, 1.807) is 0 Å². The average Bonchev–Trinajstić information content (AvgIpc) is 3.42. The second-order valence-electron chi connectivity index (χ2n) is 10.5. The van der Waals surface area contributed by atoms with Crippen LogP contribution in [0.2, 0.25) is 0 Å². The second kappa shape index (κ2) is 8.80. The van der Waals surface area contributed by atoms with E-state index in [-0.39, 0.29) is 17.6 Å². The number of methoxy groups -OCH3 is 1. The summed E-state index contributed by atoms with van der Waals surface area (Å²) in [5.41, 5.74) is 4.08. The van der Waals surface area contributed by atoms with Crippen LogP contribution in [0.4, 0.5) is 0 Å². The molecule has 0 unspecified atom stereocenters. The number of imidazole rings is 2. The van der Waals surface area contributed by atoms with E-state index in [4.69, 9.17) is 9.72 Å². The first-order valence-corrected chi connectivity index (χ1v) is 13.1. The van der Waals surface area contributed by atoms with Crippen LogP contribution in [-0.2, 0) is 11.3 Å². The van der Waals surface area contributed by atoms with Gasteiger partial charge in [0, 0.05) is 23.4 Å². The van der Waals surface area contributed by atoms with Gasteiger partial charge in [0.2, 0.25) is 5.78 Å². The molecule has 0 atom stereocenters. The highest BCUT2D eigenvalue weighted by Gasteiger charge is 2.26. The summed E-state index contributed by atoms with van der Waals surface area (Å²) in [5, 5.41) is 1.59. The number of ether oxygens (including phenoxy) is 1. The molecule has 3 aromatic heterocycles. The van der Waals surface area contributed by atoms with Crippen molar-refractivity contribution >= 4 is 44.7 Å². The molecule has 36 heavy (non-hydrogen) atoms. The standard InChI is InChI=1S/C29H32N4O3/c1-18(2)15-16-31-23-14-13-19(28(35)36-3)17-24(23)33-26-25(30-29(31)33)21-11-7-8-12-22(21)27(34)32(26)20-9-5-4-6-10-20/h7-8,11-14,17-18,20H,4-6,9-10,15-16H2,1-3H3. The molecule has 5 aromatic rings. The van der Waals surface area contributed by atoms with Crippen molar-refractivity contribution in [2.45, 2.75) is 65.0 Å². The maximum absolute atomic E-state index is 14.0. The van der Waals surface area contributed by atoms with Crippen molar-refractivity contribution in [2.24, 2.45) is 5.92 Å². The first-order chi connectivity index (χ1) is 17.5. The van der Waals surface area contributed by atoms with Crippen LogP contribution in [0, 0.1) is 5.92 Å². The maximum atomic E-state index is 14.0. The first kappa shape index (κ1) is 22.8. The zero-order chi connectivity index (χ0) is 25.0. The molecule has 3 heterocycles. The largest absolute Gasteiger partial charge is 0.465 e. The van der Waals surface area contributed by atoms with Crippen LogP contribution in [0.15, 0.2) is 47.3 Å². The van der Waals surface area contributed by atoms with E-state index < -0.39 is 0 Å². The summed E-state index contributed by atoms with van der Waals surface area (Å²) in [4.78, 5) is 31.7. The number of carbonyl (C=O) groups excluding carboxylic acids is 1. The molecular weight excluding hydrogens is 452 g/mol. The van der Waals surface area contributed by atoms with Crippen molar-refractivity contribution in [3.05, 3.63) is 58.4 Å². The Morgan fingerprint density at radius 1 is 1.06 bits per heavy atom. The monoisotopic (exact) mass is 484 g/mol. The quantitative estimate of drug-likeness (QED) is 0.283. The average molecular weight is 485 g/mol. The van der Waals surface area contributed by atoms with Gasteiger partial charge in [0.25, 0.3) is 5.56 Å². The molecule has 0 amide bonds. The number of aryl methyl sites for hydroxylation is 1. The van der Waals surface area contributed by atoms with E-state index in [0.717, 1.165) is 72.0 Å². The van der Waals surface area contributed by atoms with Gasteiger partial charge in [-0.3, -0.25) is 13.8 Å². The molecule has 0 saturated heterocycles. The number of nitrogens with zero attached hydrogens (tertiary/aromatic N) is 4. The molecule has 6 rings (SSSR count). The number of esters is 1. The summed E-state index contributed by atoms with van der Waals surface area (Å²) in [6.45, 7) is 5.24. The van der Waals surface area contributed by atoms with E-state index in [2.05, 4.69) is 22.8 Å². The number of benzene rings is 2. The molecule has 1 fully saturated rings. The van der Waals surface area contributed by atoms with Crippen LogP contribution in [0.25, 0.3) is 38.7 Å². The van der Waals surface area contributed by atoms with Crippen LogP contribution < -0.4 is 5.56 Å². The molecular formula is C29H32N4O3. The Morgan fingerprint density at radius 3 is 2.53 bits per heavy atom. The van der Waals surface area contributed by atoms with Gasteiger partial charge in [0.05, 0.1) is 23.7 Å². The highest BCUT2D eigenvalue weighted by Crippen LogP contribution is 2.35. The van der Waals surface area contributed by atoms with Gasteiger partial charge in [-0.2, -0.15) is 0 Å². The summed E-state index contributed by atoms with van der Waals surface area (Å²) in [6, 6.07) is 13.6. The van der Waals surface area contributed by atoms with Gasteiger partial charge in [-0.25, -0.2) is 9.78 Å². The third-order valence-corrected chi connectivity index (χ3v) is 7.73. The summed E-state index contributed by atoms with van der Waals surface area (Å²) < 4.78 is 11.4. The predicted molar refractivity (Wildman–Crippen MR) is 143 cm³/mol. The maximum Gasteiger partial charge on any atom is 0.337 e. The van der Waals surface area contributed by atoms with Crippen molar-refractivity contribution in [2.75, 3.05) is 7.11 Å². The zero-order valence-corrected chi connectivity index (χ0v) is 21.2. The molecule has 7 nitrogen and oxygen atoms in total. The highest BCUT2D eigenvalue weighted by atomic mass is 16.5. The Kier molecular flexibility index (Phi) is 5.58. The Labute approximate surface area is 209 Å². The number of hydrogen-bond donors (Lipinski definition) is 0. The number of pyridine rings is 1. The minimum atomic E-state index is -0.375. The molecule has 1 aliphatic rings. The van der Waals surface area contributed by atoms with Gasteiger partial charge in [-0.1, -0.05) is 51.3 Å². The fourth-order valence-corrected chi connectivity index (χ4v) is 5.88. The molecule has 0 N–H and O–H groups in total. The van der Waals surface area contributed by atoms with Gasteiger partial charge in [0.1, 0.15) is 5.52 Å². The number of hydrogen-bond acceptors (Lipinski definition) is 4. The number of fused-ring (bicyclic) bond motifs is 7. The number of aromatic nitrogens is 4. The summed E-state index contributed by atoms with van der Waals surface area (Å²) >= 11 is 0. The van der Waals surface area contributed by atoms with E-state index >= 15 is 0 Å². The van der Waals surface area contributed by atoms with Crippen molar-refractivity contribution in [1.82, 2.24) is 18.5 Å². The Hall–Kier alpha value is -3.61. The Balaban J connectivity index is 1.79. The lowest BCUT2D eigenvalue weighted by Crippen LogP contribution is -2.27. The van der Waals surface area contributed by atoms with Crippen molar-refractivity contribution in [1.29, 1.82) is 0 Å². The fraction of sp³-hybridized carbons (Fsp3) is 0.414. The number of carbonyl (C=O) groups is 1. The SMILES string of the molecule is COC(=O)c1ccc2c(c1)n1c3c(nc1n2CCC(C)C)c1ccccc1c(=O)n3C1CCCCC1. The van der Waals surface area contributed by atoms with Gasteiger partial charge >= 0.3 is 5.97 Å². The molecule has 0 bridgehead atoms. The normalized spacial score (nSPS) is 15.1. The molecule has 0 aliphatic heterocycles. The van der Waals surface area contributed by atoms with Crippen LogP contribution in [0.3, 0.4) is 0 Å². The van der Waals surface area contributed by atoms with Crippen molar-refractivity contribution in [3.8, 4) is 0 Å². The van der Waals surface area contributed by atoms with Crippen molar-refractivity contribution in [3.63, 3.8) is 0 Å². The minimum absolute atomic E-state index is 0.0407.